The van der Waals surface area contributed by atoms with Crippen molar-refractivity contribution in [1.29, 1.82) is 0 Å². The van der Waals surface area contributed by atoms with E-state index in [0.717, 1.165) is 6.42 Å². The molecule has 4 heteroatoms. The SMILES string of the molecule is Nc1ccc(F)cc1NC(=O)CCC1CCCCC1. The van der Waals surface area contributed by atoms with Crippen LogP contribution in [0.3, 0.4) is 0 Å². The summed E-state index contributed by atoms with van der Waals surface area (Å²) in [6, 6.07) is 4.01. The minimum absolute atomic E-state index is 0.0807. The van der Waals surface area contributed by atoms with Gasteiger partial charge in [0.1, 0.15) is 5.82 Å². The maximum atomic E-state index is 13.1. The molecular weight excluding hydrogens is 243 g/mol. The summed E-state index contributed by atoms with van der Waals surface area (Å²) in [4.78, 5) is 11.8. The highest BCUT2D eigenvalue weighted by Gasteiger charge is 2.15. The van der Waals surface area contributed by atoms with E-state index < -0.39 is 5.82 Å². The van der Waals surface area contributed by atoms with Gasteiger partial charge in [0.15, 0.2) is 0 Å². The third kappa shape index (κ3) is 4.23. The fraction of sp³-hybridized carbons (Fsp3) is 0.533. The summed E-state index contributed by atoms with van der Waals surface area (Å²) in [5, 5.41) is 2.69. The number of nitrogens with one attached hydrogen (secondary N) is 1. The Labute approximate surface area is 113 Å². The molecular formula is C15H21FN2O. The zero-order valence-corrected chi connectivity index (χ0v) is 11.1. The number of anilines is 2. The number of benzene rings is 1. The first-order valence-corrected chi connectivity index (χ1v) is 7.00. The van der Waals surface area contributed by atoms with Crippen molar-refractivity contribution in [2.45, 2.75) is 44.9 Å². The minimum atomic E-state index is -0.392. The van der Waals surface area contributed by atoms with Crippen LogP contribution in [0.25, 0.3) is 0 Å². The van der Waals surface area contributed by atoms with Crippen LogP contribution in [0.15, 0.2) is 18.2 Å². The minimum Gasteiger partial charge on any atom is -0.397 e. The second kappa shape index (κ2) is 6.55. The number of nitrogens with two attached hydrogens (primary N) is 1. The molecule has 0 bridgehead atoms. The molecule has 104 valence electrons. The molecule has 0 saturated heterocycles. The summed E-state index contributed by atoms with van der Waals surface area (Å²) in [6.07, 6.45) is 7.75. The van der Waals surface area contributed by atoms with Crippen LogP contribution < -0.4 is 11.1 Å². The van der Waals surface area contributed by atoms with Gasteiger partial charge in [-0.3, -0.25) is 4.79 Å². The van der Waals surface area contributed by atoms with E-state index in [0.29, 0.717) is 23.7 Å². The van der Waals surface area contributed by atoms with Gasteiger partial charge in [-0.1, -0.05) is 32.1 Å². The number of hydrogen-bond acceptors (Lipinski definition) is 2. The van der Waals surface area contributed by atoms with E-state index in [1.165, 1.54) is 50.3 Å². The second-order valence-electron chi connectivity index (χ2n) is 5.32. The number of rotatable bonds is 4. The highest BCUT2D eigenvalue weighted by Crippen LogP contribution is 2.27. The molecule has 1 saturated carbocycles. The third-order valence-electron chi connectivity index (χ3n) is 3.79. The van der Waals surface area contributed by atoms with Crippen molar-refractivity contribution < 1.29 is 9.18 Å². The van der Waals surface area contributed by atoms with Crippen LogP contribution in [0, 0.1) is 11.7 Å². The van der Waals surface area contributed by atoms with Crippen LogP contribution in [0.4, 0.5) is 15.8 Å². The average Bonchev–Trinajstić information content (AvgIpc) is 2.42. The number of carbonyl (C=O) groups is 1. The molecule has 0 aliphatic heterocycles. The molecule has 3 N–H and O–H groups in total. The highest BCUT2D eigenvalue weighted by atomic mass is 19.1. The summed E-state index contributed by atoms with van der Waals surface area (Å²) in [5.41, 5.74) is 6.46. The zero-order valence-electron chi connectivity index (χ0n) is 11.1. The summed E-state index contributed by atoms with van der Waals surface area (Å²) >= 11 is 0. The quantitative estimate of drug-likeness (QED) is 0.814. The van der Waals surface area contributed by atoms with Crippen LogP contribution >= 0.6 is 0 Å². The van der Waals surface area contributed by atoms with E-state index in [-0.39, 0.29) is 5.91 Å². The van der Waals surface area contributed by atoms with Crippen molar-refractivity contribution in [1.82, 2.24) is 0 Å². The van der Waals surface area contributed by atoms with E-state index in [4.69, 9.17) is 5.73 Å². The van der Waals surface area contributed by atoms with Crippen molar-refractivity contribution in [2.75, 3.05) is 11.1 Å². The fourth-order valence-corrected chi connectivity index (χ4v) is 2.66. The van der Waals surface area contributed by atoms with E-state index in [9.17, 15) is 9.18 Å². The first-order chi connectivity index (χ1) is 9.15. The van der Waals surface area contributed by atoms with Crippen LogP contribution in [0.2, 0.25) is 0 Å². The molecule has 0 radical (unpaired) electrons. The molecule has 1 aliphatic carbocycles. The van der Waals surface area contributed by atoms with Gasteiger partial charge in [-0.15, -0.1) is 0 Å². The first kappa shape index (κ1) is 13.8. The van der Waals surface area contributed by atoms with Crippen molar-refractivity contribution in [3.05, 3.63) is 24.0 Å². The van der Waals surface area contributed by atoms with Crippen molar-refractivity contribution in [3.63, 3.8) is 0 Å². The predicted octanol–water partition coefficient (Wildman–Crippen LogP) is 3.71. The Hall–Kier alpha value is -1.58. The molecule has 0 unspecified atom stereocenters. The number of amides is 1. The Morgan fingerprint density at radius 2 is 2.05 bits per heavy atom. The van der Waals surface area contributed by atoms with Gasteiger partial charge in [-0.25, -0.2) is 4.39 Å². The van der Waals surface area contributed by atoms with Gasteiger partial charge >= 0.3 is 0 Å². The lowest BCUT2D eigenvalue weighted by Gasteiger charge is -2.21. The molecule has 0 aromatic heterocycles. The lowest BCUT2D eigenvalue weighted by molar-refractivity contribution is -0.116. The summed E-state index contributed by atoms with van der Waals surface area (Å²) in [5.74, 6) is 0.198. The van der Waals surface area contributed by atoms with Crippen LogP contribution in [0.5, 0.6) is 0 Å². The highest BCUT2D eigenvalue weighted by molar-refractivity contribution is 5.93. The molecule has 1 fully saturated rings. The monoisotopic (exact) mass is 264 g/mol. The van der Waals surface area contributed by atoms with E-state index in [1.807, 2.05) is 0 Å². The van der Waals surface area contributed by atoms with Gasteiger partial charge in [0.2, 0.25) is 5.91 Å². The predicted molar refractivity (Wildman–Crippen MR) is 75.3 cm³/mol. The van der Waals surface area contributed by atoms with Gasteiger partial charge < -0.3 is 11.1 Å². The lowest BCUT2D eigenvalue weighted by Crippen LogP contribution is -2.15. The van der Waals surface area contributed by atoms with Gasteiger partial charge in [0, 0.05) is 6.42 Å². The molecule has 0 heterocycles. The van der Waals surface area contributed by atoms with Gasteiger partial charge in [-0.2, -0.15) is 0 Å². The summed E-state index contributed by atoms with van der Waals surface area (Å²) < 4.78 is 13.1. The fourth-order valence-electron chi connectivity index (χ4n) is 2.66. The number of carbonyl (C=O) groups excluding carboxylic acids is 1. The van der Waals surface area contributed by atoms with Gasteiger partial charge in [0.25, 0.3) is 0 Å². The van der Waals surface area contributed by atoms with E-state index in [2.05, 4.69) is 5.32 Å². The summed E-state index contributed by atoms with van der Waals surface area (Å²) in [6.45, 7) is 0. The second-order valence-corrected chi connectivity index (χ2v) is 5.32. The Morgan fingerprint density at radius 3 is 2.79 bits per heavy atom. The van der Waals surface area contributed by atoms with Gasteiger partial charge in [0.05, 0.1) is 11.4 Å². The smallest absolute Gasteiger partial charge is 0.224 e. The molecule has 3 nitrogen and oxygen atoms in total. The molecule has 0 spiro atoms. The van der Waals surface area contributed by atoms with E-state index >= 15 is 0 Å². The molecule has 1 aromatic carbocycles. The lowest BCUT2D eigenvalue weighted by atomic mass is 9.86. The number of hydrogen-bond donors (Lipinski definition) is 2. The van der Waals surface area contributed by atoms with Crippen molar-refractivity contribution >= 4 is 17.3 Å². The topological polar surface area (TPSA) is 55.1 Å². The standard InChI is InChI=1S/C15H21FN2O/c16-12-7-8-13(17)14(10-12)18-15(19)9-6-11-4-2-1-3-5-11/h7-8,10-11H,1-6,9,17H2,(H,18,19). The Morgan fingerprint density at radius 1 is 1.32 bits per heavy atom. The molecule has 19 heavy (non-hydrogen) atoms. The molecule has 1 aromatic rings. The molecule has 2 rings (SSSR count). The van der Waals surface area contributed by atoms with Gasteiger partial charge in [-0.05, 0) is 30.5 Å². The largest absolute Gasteiger partial charge is 0.397 e. The zero-order chi connectivity index (χ0) is 13.7. The first-order valence-electron chi connectivity index (χ1n) is 7.00. The van der Waals surface area contributed by atoms with Crippen LogP contribution in [0.1, 0.15) is 44.9 Å². The number of nitrogen functional groups attached to an aromatic ring is 1. The summed E-state index contributed by atoms with van der Waals surface area (Å²) in [7, 11) is 0. The maximum Gasteiger partial charge on any atom is 0.224 e. The molecule has 0 atom stereocenters. The normalized spacial score (nSPS) is 16.3. The molecule has 1 aliphatic rings. The third-order valence-corrected chi connectivity index (χ3v) is 3.79. The number of halogens is 1. The maximum absolute atomic E-state index is 13.1. The average molecular weight is 264 g/mol. The Balaban J connectivity index is 1.81. The Bertz CT molecular complexity index is 442. The van der Waals surface area contributed by atoms with Crippen LogP contribution in [-0.2, 0) is 4.79 Å². The van der Waals surface area contributed by atoms with E-state index in [1.54, 1.807) is 0 Å². The molecule has 1 amide bonds. The van der Waals surface area contributed by atoms with Crippen molar-refractivity contribution in [2.24, 2.45) is 5.92 Å². The van der Waals surface area contributed by atoms with Crippen LogP contribution in [-0.4, -0.2) is 5.91 Å². The Kier molecular flexibility index (Phi) is 4.77. The van der Waals surface area contributed by atoms with Crippen molar-refractivity contribution in [3.8, 4) is 0 Å².